The SMILES string of the molecule is CC/C(C=O)=C/O[Si](C)(C)C. The largest absolute Gasteiger partial charge is 0.549 e. The first-order valence-electron chi connectivity index (χ1n) is 3.81. The first-order valence-corrected chi connectivity index (χ1v) is 7.22. The Hall–Kier alpha value is -0.573. The van der Waals surface area contributed by atoms with E-state index in [-0.39, 0.29) is 0 Å². The summed E-state index contributed by atoms with van der Waals surface area (Å²) in [5.41, 5.74) is 0.729. The summed E-state index contributed by atoms with van der Waals surface area (Å²) >= 11 is 0. The average molecular weight is 172 g/mol. The van der Waals surface area contributed by atoms with Crippen LogP contribution in [0.25, 0.3) is 0 Å². The molecule has 0 aliphatic heterocycles. The Morgan fingerprint density at radius 3 is 2.27 bits per heavy atom. The normalized spacial score (nSPS) is 12.9. The van der Waals surface area contributed by atoms with E-state index in [0.29, 0.717) is 0 Å². The molecule has 0 heterocycles. The smallest absolute Gasteiger partial charge is 0.241 e. The fourth-order valence-corrected chi connectivity index (χ4v) is 0.952. The van der Waals surface area contributed by atoms with Gasteiger partial charge in [0.05, 0.1) is 6.26 Å². The van der Waals surface area contributed by atoms with Crippen LogP contribution in [0.5, 0.6) is 0 Å². The summed E-state index contributed by atoms with van der Waals surface area (Å²) < 4.78 is 5.42. The van der Waals surface area contributed by atoms with E-state index in [1.807, 2.05) is 6.92 Å². The molecule has 0 aromatic carbocycles. The Morgan fingerprint density at radius 1 is 1.45 bits per heavy atom. The highest BCUT2D eigenvalue weighted by Gasteiger charge is 2.13. The zero-order chi connectivity index (χ0) is 8.91. The maximum Gasteiger partial charge on any atom is 0.241 e. The fourth-order valence-electron chi connectivity index (χ4n) is 0.447. The van der Waals surface area contributed by atoms with Crippen LogP contribution in [0.4, 0.5) is 0 Å². The maximum absolute atomic E-state index is 10.3. The van der Waals surface area contributed by atoms with Gasteiger partial charge in [-0.25, -0.2) is 0 Å². The summed E-state index contributed by atoms with van der Waals surface area (Å²) in [7, 11) is -1.49. The number of rotatable bonds is 4. The number of carbonyl (C=O) groups is 1. The minimum absolute atomic E-state index is 0.729. The minimum atomic E-state index is -1.49. The fraction of sp³-hybridized carbons (Fsp3) is 0.625. The van der Waals surface area contributed by atoms with E-state index in [0.717, 1.165) is 18.3 Å². The van der Waals surface area contributed by atoms with E-state index in [9.17, 15) is 4.79 Å². The Bertz CT molecular complexity index is 156. The summed E-state index contributed by atoms with van der Waals surface area (Å²) in [5.74, 6) is 0. The van der Waals surface area contributed by atoms with Crippen molar-refractivity contribution in [2.45, 2.75) is 33.0 Å². The first-order chi connectivity index (χ1) is 4.99. The van der Waals surface area contributed by atoms with Gasteiger partial charge in [0.2, 0.25) is 8.32 Å². The summed E-state index contributed by atoms with van der Waals surface area (Å²) in [6.45, 7) is 8.19. The van der Waals surface area contributed by atoms with Crippen LogP contribution in [0.3, 0.4) is 0 Å². The molecule has 0 aliphatic rings. The van der Waals surface area contributed by atoms with Gasteiger partial charge >= 0.3 is 0 Å². The lowest BCUT2D eigenvalue weighted by molar-refractivity contribution is -0.105. The highest BCUT2D eigenvalue weighted by molar-refractivity contribution is 6.69. The summed E-state index contributed by atoms with van der Waals surface area (Å²) in [6, 6.07) is 0. The van der Waals surface area contributed by atoms with Gasteiger partial charge in [-0.1, -0.05) is 6.92 Å². The molecule has 0 atom stereocenters. The van der Waals surface area contributed by atoms with Crippen LogP contribution in [0.1, 0.15) is 13.3 Å². The second-order valence-electron chi connectivity index (χ2n) is 3.39. The van der Waals surface area contributed by atoms with Gasteiger partial charge in [0.15, 0.2) is 0 Å². The first kappa shape index (κ1) is 10.4. The number of carbonyl (C=O) groups excluding carboxylic acids is 1. The van der Waals surface area contributed by atoms with Crippen LogP contribution in [0, 0.1) is 0 Å². The van der Waals surface area contributed by atoms with Gasteiger partial charge in [-0.3, -0.25) is 4.79 Å². The van der Waals surface area contributed by atoms with Crippen LogP contribution in [-0.4, -0.2) is 14.6 Å². The molecule has 0 aromatic heterocycles. The average Bonchev–Trinajstić information content (AvgIpc) is 1.88. The van der Waals surface area contributed by atoms with Crippen LogP contribution >= 0.6 is 0 Å². The Labute approximate surface area is 69.4 Å². The molecule has 0 rings (SSSR count). The highest BCUT2D eigenvalue weighted by atomic mass is 28.4. The molecule has 0 N–H and O–H groups in total. The second-order valence-corrected chi connectivity index (χ2v) is 7.85. The van der Waals surface area contributed by atoms with Gasteiger partial charge in [-0.2, -0.15) is 0 Å². The van der Waals surface area contributed by atoms with Gasteiger partial charge < -0.3 is 4.43 Å². The molecule has 0 aromatic rings. The quantitative estimate of drug-likeness (QED) is 0.281. The molecule has 11 heavy (non-hydrogen) atoms. The van der Waals surface area contributed by atoms with Crippen molar-refractivity contribution in [1.29, 1.82) is 0 Å². The summed E-state index contributed by atoms with van der Waals surface area (Å²) in [6.07, 6.45) is 3.19. The lowest BCUT2D eigenvalue weighted by Crippen LogP contribution is -2.22. The molecule has 3 heteroatoms. The molecule has 0 unspecified atom stereocenters. The van der Waals surface area contributed by atoms with Crippen molar-refractivity contribution >= 4 is 14.6 Å². The van der Waals surface area contributed by atoms with E-state index in [4.69, 9.17) is 4.43 Å². The molecule has 0 bridgehead atoms. The van der Waals surface area contributed by atoms with Crippen LogP contribution < -0.4 is 0 Å². The second kappa shape index (κ2) is 4.33. The molecular weight excluding hydrogens is 156 g/mol. The number of aldehydes is 1. The van der Waals surface area contributed by atoms with Crippen molar-refractivity contribution in [2.75, 3.05) is 0 Å². The van der Waals surface area contributed by atoms with E-state index in [1.54, 1.807) is 6.26 Å². The van der Waals surface area contributed by atoms with Crippen molar-refractivity contribution < 1.29 is 9.22 Å². The van der Waals surface area contributed by atoms with Gasteiger partial charge in [-0.15, -0.1) is 0 Å². The topological polar surface area (TPSA) is 26.3 Å². The molecule has 0 saturated heterocycles. The van der Waals surface area contributed by atoms with Gasteiger partial charge in [0.1, 0.15) is 6.29 Å². The zero-order valence-corrected chi connectivity index (χ0v) is 8.68. The van der Waals surface area contributed by atoms with Crippen LogP contribution in [0.2, 0.25) is 19.6 Å². The van der Waals surface area contributed by atoms with Gasteiger partial charge in [-0.05, 0) is 26.1 Å². The molecular formula is C8H16O2Si. The molecule has 0 radical (unpaired) electrons. The molecule has 2 nitrogen and oxygen atoms in total. The molecule has 0 fully saturated rings. The summed E-state index contributed by atoms with van der Waals surface area (Å²) in [4.78, 5) is 10.3. The van der Waals surface area contributed by atoms with E-state index >= 15 is 0 Å². The standard InChI is InChI=1S/C8H16O2Si/c1-5-8(6-9)7-10-11(2,3)4/h6-7H,5H2,1-4H3/b8-7-. The van der Waals surface area contributed by atoms with E-state index in [1.165, 1.54) is 0 Å². The van der Waals surface area contributed by atoms with Crippen LogP contribution in [0.15, 0.2) is 11.8 Å². The van der Waals surface area contributed by atoms with Crippen molar-refractivity contribution in [3.63, 3.8) is 0 Å². The number of allylic oxidation sites excluding steroid dienone is 1. The molecule has 64 valence electrons. The van der Waals surface area contributed by atoms with Crippen molar-refractivity contribution in [1.82, 2.24) is 0 Å². The zero-order valence-electron chi connectivity index (χ0n) is 7.68. The summed E-state index contributed by atoms with van der Waals surface area (Å²) in [5, 5.41) is 0. The number of hydrogen-bond acceptors (Lipinski definition) is 2. The highest BCUT2D eigenvalue weighted by Crippen LogP contribution is 2.05. The van der Waals surface area contributed by atoms with Crippen molar-refractivity contribution in [3.05, 3.63) is 11.8 Å². The van der Waals surface area contributed by atoms with Crippen LogP contribution in [-0.2, 0) is 9.22 Å². The van der Waals surface area contributed by atoms with E-state index in [2.05, 4.69) is 19.6 Å². The Balaban J connectivity index is 3.99. The van der Waals surface area contributed by atoms with Gasteiger partial charge in [0, 0.05) is 5.57 Å². The lowest BCUT2D eigenvalue weighted by Gasteiger charge is -2.15. The third kappa shape index (κ3) is 5.85. The minimum Gasteiger partial charge on any atom is -0.549 e. The molecule has 0 aliphatic carbocycles. The maximum atomic E-state index is 10.3. The van der Waals surface area contributed by atoms with Crippen molar-refractivity contribution in [3.8, 4) is 0 Å². The Kier molecular flexibility index (Phi) is 4.11. The Morgan fingerprint density at radius 2 is 2.00 bits per heavy atom. The number of hydrogen-bond donors (Lipinski definition) is 0. The van der Waals surface area contributed by atoms with Crippen molar-refractivity contribution in [2.24, 2.45) is 0 Å². The molecule has 0 spiro atoms. The third-order valence-corrected chi connectivity index (χ3v) is 1.95. The third-order valence-electron chi connectivity index (χ3n) is 1.12. The van der Waals surface area contributed by atoms with E-state index < -0.39 is 8.32 Å². The molecule has 0 amide bonds. The van der Waals surface area contributed by atoms with Gasteiger partial charge in [0.25, 0.3) is 0 Å². The predicted molar refractivity (Wildman–Crippen MR) is 48.9 cm³/mol. The predicted octanol–water partition coefficient (Wildman–Crippen LogP) is 2.33. The molecule has 0 saturated carbocycles. The lowest BCUT2D eigenvalue weighted by atomic mass is 10.3. The monoisotopic (exact) mass is 172 g/mol.